The average Bonchev–Trinajstić information content (AvgIpc) is 2.91. The number of ether oxygens (including phenoxy) is 1. The van der Waals surface area contributed by atoms with Crippen LogP contribution >= 0.6 is 11.3 Å². The number of benzene rings is 1. The van der Waals surface area contributed by atoms with Gasteiger partial charge in [0.15, 0.2) is 0 Å². The number of amides is 1. The number of thiophene rings is 1. The Balaban J connectivity index is 2.32. The fraction of sp³-hybridized carbons (Fsp3) is 0.278. The fourth-order valence-corrected chi connectivity index (χ4v) is 3.76. The van der Waals surface area contributed by atoms with Crippen molar-refractivity contribution >= 4 is 49.2 Å². The number of aromatic nitrogens is 1. The highest BCUT2D eigenvalue weighted by Crippen LogP contribution is 2.39. The van der Waals surface area contributed by atoms with Crippen molar-refractivity contribution in [2.75, 3.05) is 12.4 Å². The van der Waals surface area contributed by atoms with Crippen LogP contribution in [0.5, 0.6) is 0 Å². The van der Waals surface area contributed by atoms with Crippen molar-refractivity contribution in [2.24, 2.45) is 0 Å². The summed E-state index contributed by atoms with van der Waals surface area (Å²) in [6.07, 6.45) is 0. The number of methoxy groups -OCH3 is 1. The monoisotopic (exact) mass is 358 g/mol. The van der Waals surface area contributed by atoms with Crippen LogP contribution in [0.3, 0.4) is 0 Å². The van der Waals surface area contributed by atoms with Crippen LogP contribution in [-0.4, -0.2) is 34.7 Å². The van der Waals surface area contributed by atoms with Gasteiger partial charge >= 0.3 is 5.97 Å². The molecule has 0 saturated carbocycles. The number of anilines is 1. The number of rotatable bonds is 3. The van der Waals surface area contributed by atoms with E-state index in [1.807, 2.05) is 19.1 Å². The third kappa shape index (κ3) is 3.08. The van der Waals surface area contributed by atoms with E-state index in [9.17, 15) is 14.7 Å². The molecule has 2 heterocycles. The summed E-state index contributed by atoms with van der Waals surface area (Å²) >= 11 is 1.43. The van der Waals surface area contributed by atoms with Gasteiger partial charge in [-0.1, -0.05) is 6.07 Å². The van der Waals surface area contributed by atoms with Gasteiger partial charge in [-0.3, -0.25) is 4.79 Å². The van der Waals surface area contributed by atoms with Crippen molar-refractivity contribution < 1.29 is 19.4 Å². The normalized spacial score (nSPS) is 11.7. The van der Waals surface area contributed by atoms with Crippen LogP contribution in [0.2, 0.25) is 0 Å². The molecule has 0 radical (unpaired) electrons. The van der Waals surface area contributed by atoms with Crippen molar-refractivity contribution in [1.82, 2.24) is 4.98 Å². The van der Waals surface area contributed by atoms with E-state index in [-0.39, 0.29) is 0 Å². The van der Waals surface area contributed by atoms with Crippen LogP contribution in [0.1, 0.15) is 29.9 Å². The largest absolute Gasteiger partial charge is 0.465 e. The van der Waals surface area contributed by atoms with Crippen LogP contribution in [0.15, 0.2) is 24.3 Å². The third-order valence-corrected chi connectivity index (χ3v) is 4.86. The molecule has 2 aromatic heterocycles. The van der Waals surface area contributed by atoms with E-state index < -0.39 is 17.5 Å². The van der Waals surface area contributed by atoms with E-state index in [1.54, 1.807) is 12.1 Å². The summed E-state index contributed by atoms with van der Waals surface area (Å²) in [5.41, 5.74) is 0.114. The Kier molecular flexibility index (Phi) is 4.22. The summed E-state index contributed by atoms with van der Waals surface area (Å²) in [7, 11) is 1.33. The predicted molar refractivity (Wildman–Crippen MR) is 98.1 cm³/mol. The molecular weight excluding hydrogens is 340 g/mol. The molecular formula is C18H18N2O4S. The molecule has 7 heteroatoms. The lowest BCUT2D eigenvalue weighted by Gasteiger charge is -2.17. The van der Waals surface area contributed by atoms with Crippen LogP contribution < -0.4 is 5.32 Å². The lowest BCUT2D eigenvalue weighted by molar-refractivity contribution is -0.130. The Hall–Kier alpha value is -2.51. The van der Waals surface area contributed by atoms with E-state index in [0.29, 0.717) is 32.5 Å². The molecule has 2 N–H and O–H groups in total. The molecule has 3 aromatic rings. The molecule has 130 valence electrons. The second kappa shape index (κ2) is 6.09. The van der Waals surface area contributed by atoms with Gasteiger partial charge in [-0.2, -0.15) is 0 Å². The Labute approximate surface area is 148 Å². The van der Waals surface area contributed by atoms with Crippen LogP contribution in [0, 0.1) is 6.92 Å². The summed E-state index contributed by atoms with van der Waals surface area (Å²) in [5.74, 6) is -0.988. The fourth-order valence-electron chi connectivity index (χ4n) is 2.59. The smallest absolute Gasteiger partial charge is 0.338 e. The molecule has 0 aliphatic carbocycles. The minimum absolute atomic E-state index is 0.404. The number of nitrogens with one attached hydrogen (secondary N) is 1. The van der Waals surface area contributed by atoms with Crippen LogP contribution in [-0.2, 0) is 9.53 Å². The molecule has 0 atom stereocenters. The maximum absolute atomic E-state index is 12.2. The molecule has 0 spiro atoms. The van der Waals surface area contributed by atoms with Gasteiger partial charge in [-0.25, -0.2) is 9.78 Å². The van der Waals surface area contributed by atoms with Gasteiger partial charge in [-0.05, 0) is 39.0 Å². The maximum Gasteiger partial charge on any atom is 0.338 e. The Bertz CT molecular complexity index is 1000. The van der Waals surface area contributed by atoms with E-state index >= 15 is 0 Å². The first kappa shape index (κ1) is 17.3. The quantitative estimate of drug-likeness (QED) is 0.702. The number of aliphatic hydroxyl groups is 1. The van der Waals surface area contributed by atoms with Crippen LogP contribution in [0.4, 0.5) is 5.69 Å². The molecule has 0 bridgehead atoms. The lowest BCUT2D eigenvalue weighted by atomic mass is 10.1. The summed E-state index contributed by atoms with van der Waals surface area (Å²) in [5, 5.41) is 14.0. The Morgan fingerprint density at radius 2 is 2.00 bits per heavy atom. The molecule has 3 rings (SSSR count). The standard InChI is InChI=1S/C18H18N2O4S/c1-9-8-10(16(21)24-4)13-14-11(20-17(22)18(2,3)23)6-5-7-12(14)25-15(13)19-9/h5-8,23H,1-4H3,(H,20,22). The average molecular weight is 358 g/mol. The first-order chi connectivity index (χ1) is 11.7. The van der Waals surface area contributed by atoms with Gasteiger partial charge in [0.05, 0.1) is 18.4 Å². The highest BCUT2D eigenvalue weighted by atomic mass is 32.1. The number of nitrogens with zero attached hydrogens (tertiary/aromatic N) is 1. The maximum atomic E-state index is 12.2. The molecule has 0 unspecified atom stereocenters. The summed E-state index contributed by atoms with van der Waals surface area (Å²) in [6, 6.07) is 7.12. The zero-order valence-corrected chi connectivity index (χ0v) is 15.2. The zero-order chi connectivity index (χ0) is 18.4. The number of hydrogen-bond acceptors (Lipinski definition) is 6. The molecule has 6 nitrogen and oxygen atoms in total. The van der Waals surface area contributed by atoms with Gasteiger partial charge in [0.1, 0.15) is 10.4 Å². The number of carbonyl (C=O) groups is 2. The zero-order valence-electron chi connectivity index (χ0n) is 14.3. The van der Waals surface area contributed by atoms with Crippen molar-refractivity contribution in [1.29, 1.82) is 0 Å². The van der Waals surface area contributed by atoms with Crippen molar-refractivity contribution in [3.05, 3.63) is 35.5 Å². The Morgan fingerprint density at radius 3 is 2.64 bits per heavy atom. The number of pyridine rings is 1. The first-order valence-corrected chi connectivity index (χ1v) is 8.49. The topological polar surface area (TPSA) is 88.5 Å². The molecule has 0 fully saturated rings. The van der Waals surface area contributed by atoms with Crippen molar-refractivity contribution in [3.63, 3.8) is 0 Å². The molecule has 0 aliphatic heterocycles. The van der Waals surface area contributed by atoms with Gasteiger partial charge in [-0.15, -0.1) is 11.3 Å². The summed E-state index contributed by atoms with van der Waals surface area (Å²) < 4.78 is 5.78. The number of hydrogen-bond donors (Lipinski definition) is 2. The molecule has 25 heavy (non-hydrogen) atoms. The molecule has 0 saturated heterocycles. The van der Waals surface area contributed by atoms with Crippen molar-refractivity contribution in [3.8, 4) is 0 Å². The molecule has 1 amide bonds. The molecule has 0 aliphatic rings. The highest BCUT2D eigenvalue weighted by Gasteiger charge is 2.26. The number of fused-ring (bicyclic) bond motifs is 3. The van der Waals surface area contributed by atoms with E-state index in [1.165, 1.54) is 32.3 Å². The molecule has 1 aromatic carbocycles. The first-order valence-electron chi connectivity index (χ1n) is 7.67. The number of aryl methyl sites for hydroxylation is 1. The SMILES string of the molecule is COC(=O)c1cc(C)nc2sc3cccc(NC(=O)C(C)(C)O)c3c12. The lowest BCUT2D eigenvalue weighted by Crippen LogP contribution is -2.36. The van der Waals surface area contributed by atoms with Gasteiger partial charge in [0, 0.05) is 21.2 Å². The van der Waals surface area contributed by atoms with E-state index in [2.05, 4.69) is 10.3 Å². The van der Waals surface area contributed by atoms with E-state index in [0.717, 1.165) is 4.70 Å². The second-order valence-corrected chi connectivity index (χ2v) is 7.31. The second-order valence-electron chi connectivity index (χ2n) is 6.28. The van der Waals surface area contributed by atoms with Crippen molar-refractivity contribution in [2.45, 2.75) is 26.4 Å². The number of esters is 1. The number of carbonyl (C=O) groups excluding carboxylic acids is 2. The van der Waals surface area contributed by atoms with E-state index in [4.69, 9.17) is 4.74 Å². The minimum atomic E-state index is -1.52. The van der Waals surface area contributed by atoms with Gasteiger partial charge < -0.3 is 15.2 Å². The van der Waals surface area contributed by atoms with Gasteiger partial charge in [0.25, 0.3) is 5.91 Å². The van der Waals surface area contributed by atoms with Gasteiger partial charge in [0.2, 0.25) is 0 Å². The highest BCUT2D eigenvalue weighted by molar-refractivity contribution is 7.25. The minimum Gasteiger partial charge on any atom is -0.465 e. The summed E-state index contributed by atoms with van der Waals surface area (Å²) in [6.45, 7) is 4.64. The summed E-state index contributed by atoms with van der Waals surface area (Å²) in [4.78, 5) is 29.6. The van der Waals surface area contributed by atoms with Crippen LogP contribution in [0.25, 0.3) is 20.3 Å². The Morgan fingerprint density at radius 1 is 1.28 bits per heavy atom. The third-order valence-electron chi connectivity index (χ3n) is 3.81. The predicted octanol–water partition coefficient (Wildman–Crippen LogP) is 3.25.